The first-order valence-corrected chi connectivity index (χ1v) is 9.01. The van der Waals surface area contributed by atoms with Crippen molar-refractivity contribution in [1.29, 1.82) is 0 Å². The van der Waals surface area contributed by atoms with Gasteiger partial charge in [-0.25, -0.2) is 0 Å². The summed E-state index contributed by atoms with van der Waals surface area (Å²) >= 11 is 0. The molecule has 25 heavy (non-hydrogen) atoms. The minimum atomic E-state index is -0.287. The quantitative estimate of drug-likeness (QED) is 0.645. The molecule has 0 saturated carbocycles. The molecular formula is C22H28O3. The minimum Gasteiger partial charge on any atom is -0.488 e. The van der Waals surface area contributed by atoms with Crippen molar-refractivity contribution >= 4 is 0 Å². The highest BCUT2D eigenvalue weighted by Crippen LogP contribution is 2.50. The van der Waals surface area contributed by atoms with Gasteiger partial charge in [-0.2, -0.15) is 0 Å². The first kappa shape index (κ1) is 18.0. The lowest BCUT2D eigenvalue weighted by Crippen LogP contribution is -2.40. The highest BCUT2D eigenvalue weighted by atomic mass is 16.5. The fourth-order valence-electron chi connectivity index (χ4n) is 3.53. The molecule has 0 amide bonds. The Morgan fingerprint density at radius 3 is 2.48 bits per heavy atom. The monoisotopic (exact) mass is 340 g/mol. The molecule has 0 spiro atoms. The molecule has 0 aliphatic heterocycles. The van der Waals surface area contributed by atoms with Crippen LogP contribution in [0.15, 0.2) is 42.5 Å². The molecule has 0 aromatic heterocycles. The second-order valence-electron chi connectivity index (χ2n) is 7.20. The average Bonchev–Trinajstić information content (AvgIpc) is 2.59. The van der Waals surface area contributed by atoms with E-state index in [9.17, 15) is 0 Å². The summed E-state index contributed by atoms with van der Waals surface area (Å²) in [4.78, 5) is 0. The van der Waals surface area contributed by atoms with Gasteiger partial charge in [0.25, 0.3) is 0 Å². The summed E-state index contributed by atoms with van der Waals surface area (Å²) in [7, 11) is 1.70. The van der Waals surface area contributed by atoms with E-state index in [0.29, 0.717) is 25.7 Å². The Kier molecular flexibility index (Phi) is 5.45. The van der Waals surface area contributed by atoms with Crippen LogP contribution in [0.25, 0.3) is 0 Å². The zero-order valence-electron chi connectivity index (χ0n) is 15.7. The molecule has 1 aliphatic rings. The third-order valence-electron chi connectivity index (χ3n) is 4.89. The molecule has 134 valence electrons. The maximum absolute atomic E-state index is 6.34. The molecule has 0 N–H and O–H groups in total. The van der Waals surface area contributed by atoms with E-state index in [1.807, 2.05) is 18.2 Å². The molecule has 3 rings (SSSR count). The van der Waals surface area contributed by atoms with Crippen LogP contribution >= 0.6 is 0 Å². The Hall–Kier alpha value is -1.84. The smallest absolute Gasteiger partial charge is 0.129 e. The first-order chi connectivity index (χ1) is 12.0. The van der Waals surface area contributed by atoms with Gasteiger partial charge >= 0.3 is 0 Å². The number of ether oxygens (including phenoxy) is 3. The molecule has 0 radical (unpaired) electrons. The van der Waals surface area contributed by atoms with Crippen LogP contribution in [0.1, 0.15) is 48.9 Å². The fourth-order valence-corrected chi connectivity index (χ4v) is 3.53. The van der Waals surface area contributed by atoms with E-state index in [0.717, 1.165) is 12.2 Å². The van der Waals surface area contributed by atoms with Crippen LogP contribution in [0.4, 0.5) is 0 Å². The van der Waals surface area contributed by atoms with E-state index in [2.05, 4.69) is 45.0 Å². The third-order valence-corrected chi connectivity index (χ3v) is 4.89. The Labute approximate surface area is 150 Å². The summed E-state index contributed by atoms with van der Waals surface area (Å²) in [6.45, 7) is 8.35. The van der Waals surface area contributed by atoms with Gasteiger partial charge in [0.05, 0.1) is 18.8 Å². The van der Waals surface area contributed by atoms with E-state index >= 15 is 0 Å². The van der Waals surface area contributed by atoms with E-state index in [-0.39, 0.29) is 5.60 Å². The number of benzene rings is 2. The van der Waals surface area contributed by atoms with Gasteiger partial charge in [-0.1, -0.05) is 56.3 Å². The second-order valence-corrected chi connectivity index (χ2v) is 7.20. The van der Waals surface area contributed by atoms with Crippen LogP contribution in [0.2, 0.25) is 0 Å². The van der Waals surface area contributed by atoms with Gasteiger partial charge in [0, 0.05) is 19.1 Å². The van der Waals surface area contributed by atoms with Gasteiger partial charge in [0.1, 0.15) is 12.4 Å². The molecule has 1 atom stereocenters. The van der Waals surface area contributed by atoms with Crippen molar-refractivity contribution in [3.8, 4) is 5.75 Å². The third kappa shape index (κ3) is 3.73. The molecule has 0 saturated heterocycles. The number of methoxy groups -OCH3 is 1. The van der Waals surface area contributed by atoms with E-state index in [4.69, 9.17) is 14.2 Å². The van der Waals surface area contributed by atoms with Crippen LogP contribution in [0, 0.1) is 0 Å². The molecule has 1 unspecified atom stereocenters. The van der Waals surface area contributed by atoms with Crippen molar-refractivity contribution in [2.45, 2.75) is 45.3 Å². The predicted octanol–water partition coefficient (Wildman–Crippen LogP) is 4.82. The van der Waals surface area contributed by atoms with Gasteiger partial charge in [-0.15, -0.1) is 0 Å². The van der Waals surface area contributed by atoms with Crippen molar-refractivity contribution in [2.75, 3.05) is 20.3 Å². The van der Waals surface area contributed by atoms with Gasteiger partial charge in [0.2, 0.25) is 0 Å². The van der Waals surface area contributed by atoms with Crippen molar-refractivity contribution in [2.24, 2.45) is 0 Å². The Morgan fingerprint density at radius 2 is 1.80 bits per heavy atom. The average molecular weight is 340 g/mol. The summed E-state index contributed by atoms with van der Waals surface area (Å²) in [5.74, 6) is 1.41. The first-order valence-electron chi connectivity index (χ1n) is 9.01. The number of rotatable bonds is 8. The highest BCUT2D eigenvalue weighted by Gasteiger charge is 2.43. The van der Waals surface area contributed by atoms with Crippen molar-refractivity contribution in [3.05, 3.63) is 64.7 Å². The maximum atomic E-state index is 6.34. The lowest BCUT2D eigenvalue weighted by molar-refractivity contribution is -0.0724. The zero-order chi connectivity index (χ0) is 17.9. The lowest BCUT2D eigenvalue weighted by atomic mass is 9.72. The standard InChI is InChI=1S/C22H28O3/c1-16(2)19-11-10-18-14-22(3,25-13-12-23-4)20(18)21(19)24-15-17-8-6-5-7-9-17/h5-11,16H,12-15H2,1-4H3. The summed E-state index contributed by atoms with van der Waals surface area (Å²) in [6.07, 6.45) is 0.923. The second kappa shape index (κ2) is 7.59. The van der Waals surface area contributed by atoms with Crippen LogP contribution in [-0.2, 0) is 28.1 Å². The predicted molar refractivity (Wildman–Crippen MR) is 100 cm³/mol. The number of hydrogen-bond donors (Lipinski definition) is 0. The molecule has 0 heterocycles. The van der Waals surface area contributed by atoms with Gasteiger partial charge in [-0.05, 0) is 29.5 Å². The fraction of sp³-hybridized carbons (Fsp3) is 0.455. The molecule has 3 nitrogen and oxygen atoms in total. The Balaban J connectivity index is 1.88. The highest BCUT2D eigenvalue weighted by molar-refractivity contribution is 5.56. The maximum Gasteiger partial charge on any atom is 0.129 e. The molecule has 2 aromatic carbocycles. The number of hydrogen-bond acceptors (Lipinski definition) is 3. The summed E-state index contributed by atoms with van der Waals surface area (Å²) < 4.78 is 17.6. The molecule has 1 aliphatic carbocycles. The van der Waals surface area contributed by atoms with Gasteiger partial charge < -0.3 is 14.2 Å². The van der Waals surface area contributed by atoms with E-state index in [1.54, 1.807) is 7.11 Å². The SMILES string of the molecule is COCCOC1(C)Cc2ccc(C(C)C)c(OCc3ccccc3)c21. The zero-order valence-corrected chi connectivity index (χ0v) is 15.7. The van der Waals surface area contributed by atoms with Gasteiger partial charge in [0.15, 0.2) is 0 Å². The topological polar surface area (TPSA) is 27.7 Å². The van der Waals surface area contributed by atoms with Crippen molar-refractivity contribution < 1.29 is 14.2 Å². The lowest BCUT2D eigenvalue weighted by Gasteiger charge is -2.43. The van der Waals surface area contributed by atoms with E-state index in [1.165, 1.54) is 22.3 Å². The van der Waals surface area contributed by atoms with Crippen LogP contribution < -0.4 is 4.74 Å². The molecule has 0 fully saturated rings. The van der Waals surface area contributed by atoms with Crippen LogP contribution in [0.5, 0.6) is 5.75 Å². The largest absolute Gasteiger partial charge is 0.488 e. The van der Waals surface area contributed by atoms with Crippen molar-refractivity contribution in [3.63, 3.8) is 0 Å². The Bertz CT molecular complexity index is 709. The van der Waals surface area contributed by atoms with Crippen molar-refractivity contribution in [1.82, 2.24) is 0 Å². The van der Waals surface area contributed by atoms with Crippen LogP contribution in [0.3, 0.4) is 0 Å². The van der Waals surface area contributed by atoms with E-state index < -0.39 is 0 Å². The minimum absolute atomic E-state index is 0.287. The molecule has 0 bridgehead atoms. The van der Waals surface area contributed by atoms with Gasteiger partial charge in [-0.3, -0.25) is 0 Å². The molecule has 3 heteroatoms. The summed E-state index contributed by atoms with van der Waals surface area (Å²) in [5.41, 5.74) is 4.68. The summed E-state index contributed by atoms with van der Waals surface area (Å²) in [5, 5.41) is 0. The molecule has 2 aromatic rings. The van der Waals surface area contributed by atoms with Crippen LogP contribution in [-0.4, -0.2) is 20.3 Å². The Morgan fingerprint density at radius 1 is 1.04 bits per heavy atom. The normalized spacial score (nSPS) is 18.8. The molecular weight excluding hydrogens is 312 g/mol. The number of fused-ring (bicyclic) bond motifs is 1. The summed E-state index contributed by atoms with van der Waals surface area (Å²) in [6, 6.07) is 14.7.